The van der Waals surface area contributed by atoms with Crippen molar-refractivity contribution in [2.75, 3.05) is 14.1 Å². The van der Waals surface area contributed by atoms with Crippen molar-refractivity contribution in [3.05, 3.63) is 34.9 Å². The summed E-state index contributed by atoms with van der Waals surface area (Å²) in [5.74, 6) is 0.192. The Morgan fingerprint density at radius 1 is 1.40 bits per heavy atom. The van der Waals surface area contributed by atoms with Crippen LogP contribution in [0.2, 0.25) is 5.02 Å². The van der Waals surface area contributed by atoms with Crippen molar-refractivity contribution in [3.8, 4) is 0 Å². The second kappa shape index (κ2) is 6.10. The number of carbonyl (C=O) groups is 1. The predicted molar refractivity (Wildman–Crippen MR) is 86.0 cm³/mol. The summed E-state index contributed by atoms with van der Waals surface area (Å²) < 4.78 is 0. The first-order valence-electron chi connectivity index (χ1n) is 6.78. The molecule has 0 spiro atoms. The Morgan fingerprint density at radius 2 is 2.10 bits per heavy atom. The molecule has 1 atom stereocenters. The number of ketones is 1. The van der Waals surface area contributed by atoms with Crippen LogP contribution < -0.4 is 5.32 Å². The molecule has 5 heteroatoms. The number of benzene rings is 1. The Morgan fingerprint density at radius 3 is 2.70 bits per heavy atom. The van der Waals surface area contributed by atoms with Gasteiger partial charge in [-0.05, 0) is 37.5 Å². The number of carbonyl (C=O) groups excluding carboxylic acids is 1. The minimum atomic E-state index is -0.739. The molecule has 1 unspecified atom stereocenters. The van der Waals surface area contributed by atoms with Crippen LogP contribution in [-0.2, 0) is 10.3 Å². The van der Waals surface area contributed by atoms with Crippen LogP contribution >= 0.6 is 23.8 Å². The van der Waals surface area contributed by atoms with Gasteiger partial charge in [-0.3, -0.25) is 4.79 Å². The summed E-state index contributed by atoms with van der Waals surface area (Å²) in [6.45, 7) is 0. The molecular weight excluding hydrogens is 292 g/mol. The molecule has 1 saturated carbocycles. The predicted octanol–water partition coefficient (Wildman–Crippen LogP) is 3.11. The number of hydrogen-bond donors (Lipinski definition) is 1. The normalized spacial score (nSPS) is 22.4. The molecule has 1 aliphatic rings. The molecule has 1 N–H and O–H groups in total. The fourth-order valence-electron chi connectivity index (χ4n) is 2.97. The van der Waals surface area contributed by atoms with E-state index in [0.717, 1.165) is 24.8 Å². The smallest absolute Gasteiger partial charge is 0.169 e. The molecule has 3 nitrogen and oxygen atoms in total. The van der Waals surface area contributed by atoms with Gasteiger partial charge in [-0.1, -0.05) is 29.8 Å². The van der Waals surface area contributed by atoms with E-state index in [1.165, 1.54) is 0 Å². The summed E-state index contributed by atoms with van der Waals surface area (Å²) in [6.07, 6.45) is 3.24. The van der Waals surface area contributed by atoms with Crippen LogP contribution in [0.4, 0.5) is 0 Å². The maximum absolute atomic E-state index is 12.7. The first-order chi connectivity index (χ1) is 9.54. The Kier molecular flexibility index (Phi) is 4.66. The van der Waals surface area contributed by atoms with E-state index in [4.69, 9.17) is 23.8 Å². The van der Waals surface area contributed by atoms with E-state index < -0.39 is 5.54 Å². The number of nitrogens with zero attached hydrogens (tertiary/aromatic N) is 1. The van der Waals surface area contributed by atoms with E-state index in [1.807, 2.05) is 36.2 Å². The molecule has 1 aliphatic carbocycles. The molecule has 1 aromatic rings. The van der Waals surface area contributed by atoms with Gasteiger partial charge in [0, 0.05) is 31.1 Å². The van der Waals surface area contributed by atoms with Crippen molar-refractivity contribution >= 4 is 34.7 Å². The van der Waals surface area contributed by atoms with Gasteiger partial charge in [0.2, 0.25) is 0 Å². The molecule has 108 valence electrons. The third-order valence-corrected chi connectivity index (χ3v) is 4.87. The van der Waals surface area contributed by atoms with Gasteiger partial charge in [0.15, 0.2) is 10.9 Å². The van der Waals surface area contributed by atoms with Crippen molar-refractivity contribution in [1.82, 2.24) is 10.2 Å². The molecule has 0 saturated heterocycles. The van der Waals surface area contributed by atoms with Crippen LogP contribution in [0.1, 0.15) is 31.2 Å². The number of halogens is 1. The zero-order chi connectivity index (χ0) is 14.8. The third kappa shape index (κ3) is 2.42. The van der Waals surface area contributed by atoms with E-state index in [-0.39, 0.29) is 5.78 Å². The number of hydrogen-bond acceptors (Lipinski definition) is 2. The largest absolute Gasteiger partial charge is 0.366 e. The Balaban J connectivity index is 2.58. The molecule has 0 heterocycles. The minimum absolute atomic E-state index is 0.192. The van der Waals surface area contributed by atoms with Gasteiger partial charge in [-0.25, -0.2) is 0 Å². The Labute approximate surface area is 130 Å². The third-order valence-electron chi connectivity index (χ3n) is 4.06. The maximum Gasteiger partial charge on any atom is 0.169 e. The van der Waals surface area contributed by atoms with Gasteiger partial charge in [0.05, 0.1) is 0 Å². The molecule has 1 fully saturated rings. The van der Waals surface area contributed by atoms with Crippen molar-refractivity contribution in [2.45, 2.75) is 31.2 Å². The lowest BCUT2D eigenvalue weighted by Crippen LogP contribution is -2.56. The number of likely N-dealkylation sites (N-methyl/N-ethyl adjacent to an activating group) is 1. The Bertz CT molecular complexity index is 534. The van der Waals surface area contributed by atoms with Gasteiger partial charge in [0.25, 0.3) is 0 Å². The highest BCUT2D eigenvalue weighted by Crippen LogP contribution is 2.42. The molecular formula is C15H19ClN2OS. The summed E-state index contributed by atoms with van der Waals surface area (Å²) in [7, 11) is 3.64. The Hall–Kier alpha value is -1.13. The number of Topliss-reactive ketones (excluding diaryl/α,β-unsaturated/α-hetero) is 1. The SMILES string of the molecule is CNC(=S)N(C)C1(c2ccccc2Cl)CCCCC1=O. The van der Waals surface area contributed by atoms with Crippen LogP contribution in [0.25, 0.3) is 0 Å². The van der Waals surface area contributed by atoms with Crippen molar-refractivity contribution < 1.29 is 4.79 Å². The van der Waals surface area contributed by atoms with E-state index in [0.29, 0.717) is 16.6 Å². The molecule has 0 bridgehead atoms. The first-order valence-corrected chi connectivity index (χ1v) is 7.56. The summed E-state index contributed by atoms with van der Waals surface area (Å²) in [5, 5.41) is 4.13. The first kappa shape index (κ1) is 15.3. The molecule has 0 radical (unpaired) electrons. The van der Waals surface area contributed by atoms with E-state index in [1.54, 1.807) is 7.05 Å². The van der Waals surface area contributed by atoms with Crippen molar-refractivity contribution in [1.29, 1.82) is 0 Å². The highest BCUT2D eigenvalue weighted by molar-refractivity contribution is 7.80. The summed E-state index contributed by atoms with van der Waals surface area (Å²) in [6, 6.07) is 7.56. The van der Waals surface area contributed by atoms with Gasteiger partial charge < -0.3 is 10.2 Å². The van der Waals surface area contributed by atoms with Crippen LogP contribution in [-0.4, -0.2) is 29.9 Å². The van der Waals surface area contributed by atoms with E-state index in [2.05, 4.69) is 5.32 Å². The molecule has 0 aliphatic heterocycles. The average Bonchev–Trinajstić information content (AvgIpc) is 2.47. The molecule has 0 aromatic heterocycles. The highest BCUT2D eigenvalue weighted by atomic mass is 35.5. The van der Waals surface area contributed by atoms with Gasteiger partial charge in [-0.2, -0.15) is 0 Å². The zero-order valence-corrected chi connectivity index (χ0v) is 13.4. The van der Waals surface area contributed by atoms with E-state index in [9.17, 15) is 4.79 Å². The van der Waals surface area contributed by atoms with Crippen LogP contribution in [0, 0.1) is 0 Å². The summed E-state index contributed by atoms with van der Waals surface area (Å²) in [5.41, 5.74) is 0.114. The average molecular weight is 311 g/mol. The fraction of sp³-hybridized carbons (Fsp3) is 0.467. The highest BCUT2D eigenvalue weighted by Gasteiger charge is 2.46. The monoisotopic (exact) mass is 310 g/mol. The van der Waals surface area contributed by atoms with Gasteiger partial charge in [-0.15, -0.1) is 0 Å². The minimum Gasteiger partial charge on any atom is -0.366 e. The molecule has 2 rings (SSSR count). The van der Waals surface area contributed by atoms with Crippen LogP contribution in [0.15, 0.2) is 24.3 Å². The van der Waals surface area contributed by atoms with Gasteiger partial charge >= 0.3 is 0 Å². The maximum atomic E-state index is 12.7. The second-order valence-electron chi connectivity index (χ2n) is 5.08. The molecule has 1 aromatic carbocycles. The standard InChI is InChI=1S/C15H19ClN2OS/c1-17-14(20)18(2)15(10-6-5-9-13(15)19)11-7-3-4-8-12(11)16/h3-4,7-8H,5-6,9-10H2,1-2H3,(H,17,20). The van der Waals surface area contributed by atoms with Crippen LogP contribution in [0.3, 0.4) is 0 Å². The lowest BCUT2D eigenvalue weighted by atomic mass is 9.74. The molecule has 0 amide bonds. The number of nitrogens with one attached hydrogen (secondary N) is 1. The quantitative estimate of drug-likeness (QED) is 0.851. The number of thiocarbonyl (C=S) groups is 1. The molecule has 20 heavy (non-hydrogen) atoms. The lowest BCUT2D eigenvalue weighted by Gasteiger charge is -2.44. The summed E-state index contributed by atoms with van der Waals surface area (Å²) >= 11 is 11.7. The number of rotatable bonds is 2. The van der Waals surface area contributed by atoms with Crippen molar-refractivity contribution in [3.63, 3.8) is 0 Å². The topological polar surface area (TPSA) is 32.3 Å². The zero-order valence-electron chi connectivity index (χ0n) is 11.8. The fourth-order valence-corrected chi connectivity index (χ4v) is 3.42. The van der Waals surface area contributed by atoms with E-state index >= 15 is 0 Å². The van der Waals surface area contributed by atoms with Crippen LogP contribution in [0.5, 0.6) is 0 Å². The van der Waals surface area contributed by atoms with Gasteiger partial charge in [0.1, 0.15) is 5.54 Å². The van der Waals surface area contributed by atoms with Crippen molar-refractivity contribution in [2.24, 2.45) is 0 Å². The second-order valence-corrected chi connectivity index (χ2v) is 5.88. The lowest BCUT2D eigenvalue weighted by molar-refractivity contribution is -0.131. The summed E-state index contributed by atoms with van der Waals surface area (Å²) in [4.78, 5) is 14.6.